The summed E-state index contributed by atoms with van der Waals surface area (Å²) in [6.07, 6.45) is 9.19. The molecule has 6 rings (SSSR count). The molecule has 1 saturated carbocycles. The van der Waals surface area contributed by atoms with E-state index in [0.717, 1.165) is 27.9 Å². The van der Waals surface area contributed by atoms with Gasteiger partial charge in [0.1, 0.15) is 17.8 Å². The third kappa shape index (κ3) is 4.01. The molecule has 1 aliphatic carbocycles. The first kappa shape index (κ1) is 21.4. The highest BCUT2D eigenvalue weighted by Gasteiger charge is 2.25. The average Bonchev–Trinajstić information content (AvgIpc) is 3.44. The Kier molecular flexibility index (Phi) is 5.22. The van der Waals surface area contributed by atoms with Gasteiger partial charge in [-0.15, -0.1) is 0 Å². The number of nitrogens with zero attached hydrogens (tertiary/aromatic N) is 6. The van der Waals surface area contributed by atoms with Gasteiger partial charge in [0, 0.05) is 59.0 Å². The van der Waals surface area contributed by atoms with Crippen LogP contribution < -0.4 is 10.1 Å². The molecule has 35 heavy (non-hydrogen) atoms. The van der Waals surface area contributed by atoms with Gasteiger partial charge < -0.3 is 10.1 Å². The second-order valence-corrected chi connectivity index (χ2v) is 9.13. The number of carbonyl (C=O) groups is 1. The highest BCUT2D eigenvalue weighted by molar-refractivity contribution is 7.03. The SMILES string of the molecule is COc1cc2ncnc(-c3cn(C)nc3-c3cnsc3)c2cc1NC(=O)c1ccc(C2CC2)nc1. The molecule has 4 heterocycles. The third-order valence-electron chi connectivity index (χ3n) is 6.04. The van der Waals surface area contributed by atoms with E-state index >= 15 is 0 Å². The van der Waals surface area contributed by atoms with Crippen LogP contribution in [-0.4, -0.2) is 42.1 Å². The predicted octanol–water partition coefficient (Wildman–Crippen LogP) is 4.69. The van der Waals surface area contributed by atoms with Crippen LogP contribution in [0.1, 0.15) is 34.8 Å². The van der Waals surface area contributed by atoms with Crippen molar-refractivity contribution in [3.05, 3.63) is 65.8 Å². The Hall–Kier alpha value is -4.18. The maximum Gasteiger partial charge on any atom is 0.257 e. The number of methoxy groups -OCH3 is 1. The second kappa shape index (κ2) is 8.55. The van der Waals surface area contributed by atoms with Crippen molar-refractivity contribution in [3.8, 4) is 28.3 Å². The van der Waals surface area contributed by atoms with Crippen LogP contribution in [0.3, 0.4) is 0 Å². The molecule has 10 heteroatoms. The molecule has 4 aromatic heterocycles. The molecule has 1 N–H and O–H groups in total. The van der Waals surface area contributed by atoms with Crippen LogP contribution >= 0.6 is 11.5 Å². The molecule has 0 unspecified atom stereocenters. The topological polar surface area (TPSA) is 108 Å². The van der Waals surface area contributed by atoms with Gasteiger partial charge in [-0.25, -0.2) is 14.3 Å². The summed E-state index contributed by atoms with van der Waals surface area (Å²) in [6, 6.07) is 7.39. The zero-order chi connectivity index (χ0) is 23.9. The minimum Gasteiger partial charge on any atom is -0.494 e. The predicted molar refractivity (Wildman–Crippen MR) is 134 cm³/mol. The van der Waals surface area contributed by atoms with Crippen LogP contribution in [0.5, 0.6) is 5.75 Å². The number of fused-ring (bicyclic) bond motifs is 1. The molecule has 5 aromatic rings. The molecular weight excluding hydrogens is 462 g/mol. The molecular formula is C25H21N7O2S. The van der Waals surface area contributed by atoms with Crippen molar-refractivity contribution in [2.75, 3.05) is 12.4 Å². The Morgan fingerprint density at radius 3 is 2.74 bits per heavy atom. The van der Waals surface area contributed by atoms with E-state index in [1.807, 2.05) is 36.8 Å². The fourth-order valence-corrected chi connectivity index (χ4v) is 4.64. The summed E-state index contributed by atoms with van der Waals surface area (Å²) < 4.78 is 11.5. The number of anilines is 1. The van der Waals surface area contributed by atoms with Crippen molar-refractivity contribution in [2.45, 2.75) is 18.8 Å². The molecule has 1 amide bonds. The van der Waals surface area contributed by atoms with Crippen molar-refractivity contribution in [1.82, 2.24) is 29.1 Å². The number of carbonyl (C=O) groups excluding carboxylic acids is 1. The smallest absolute Gasteiger partial charge is 0.257 e. The van der Waals surface area contributed by atoms with Gasteiger partial charge in [-0.1, -0.05) is 0 Å². The first-order chi connectivity index (χ1) is 17.1. The van der Waals surface area contributed by atoms with E-state index in [4.69, 9.17) is 4.74 Å². The van der Waals surface area contributed by atoms with E-state index in [1.165, 1.54) is 30.7 Å². The molecule has 0 radical (unpaired) electrons. The van der Waals surface area contributed by atoms with Gasteiger partial charge in [-0.3, -0.25) is 14.5 Å². The Morgan fingerprint density at radius 2 is 2.03 bits per heavy atom. The number of hydrogen-bond donors (Lipinski definition) is 1. The zero-order valence-corrected chi connectivity index (χ0v) is 19.9. The number of hydrogen-bond acceptors (Lipinski definition) is 8. The standard InChI is InChI=1S/C25H21N7O2S/c1-32-11-18(23(31-32)16-10-29-35-12-16)24-17-7-21(22(34-2)8-20(17)27-13-28-24)30-25(33)15-5-6-19(26-9-15)14-3-4-14/h5-14H,3-4H2,1-2H3,(H,30,33). The molecule has 174 valence electrons. The average molecular weight is 484 g/mol. The first-order valence-electron chi connectivity index (χ1n) is 11.1. The third-order valence-corrected chi connectivity index (χ3v) is 6.63. The van der Waals surface area contributed by atoms with E-state index in [-0.39, 0.29) is 5.91 Å². The number of nitrogens with one attached hydrogen (secondary N) is 1. The lowest BCUT2D eigenvalue weighted by Crippen LogP contribution is -2.13. The van der Waals surface area contributed by atoms with Crippen LogP contribution in [0.25, 0.3) is 33.4 Å². The van der Waals surface area contributed by atoms with Gasteiger partial charge in [0.25, 0.3) is 5.91 Å². The van der Waals surface area contributed by atoms with Crippen LogP contribution in [0, 0.1) is 0 Å². The molecule has 1 fully saturated rings. The highest BCUT2D eigenvalue weighted by atomic mass is 32.1. The molecule has 0 aliphatic heterocycles. The van der Waals surface area contributed by atoms with Crippen molar-refractivity contribution >= 4 is 34.0 Å². The minimum absolute atomic E-state index is 0.262. The Morgan fingerprint density at radius 1 is 1.14 bits per heavy atom. The Bertz CT molecular complexity index is 1540. The van der Waals surface area contributed by atoms with Crippen molar-refractivity contribution in [1.29, 1.82) is 0 Å². The lowest BCUT2D eigenvalue weighted by molar-refractivity contribution is 0.102. The fourth-order valence-electron chi connectivity index (χ4n) is 4.12. The number of rotatable bonds is 6. The van der Waals surface area contributed by atoms with Crippen LogP contribution in [0.15, 0.2) is 54.6 Å². The summed E-state index contributed by atoms with van der Waals surface area (Å²) in [4.78, 5) is 26.5. The van der Waals surface area contributed by atoms with E-state index < -0.39 is 0 Å². The molecule has 1 aromatic carbocycles. The second-order valence-electron chi connectivity index (χ2n) is 8.47. The lowest BCUT2D eigenvalue weighted by atomic mass is 10.0. The normalized spacial score (nSPS) is 13.2. The summed E-state index contributed by atoms with van der Waals surface area (Å²) >= 11 is 1.37. The molecule has 9 nitrogen and oxygen atoms in total. The highest BCUT2D eigenvalue weighted by Crippen LogP contribution is 2.39. The summed E-state index contributed by atoms with van der Waals surface area (Å²) in [7, 11) is 3.43. The quantitative estimate of drug-likeness (QED) is 0.373. The zero-order valence-electron chi connectivity index (χ0n) is 19.1. The van der Waals surface area contributed by atoms with Gasteiger partial charge in [0.2, 0.25) is 0 Å². The number of aromatic nitrogens is 6. The Labute approximate surface area is 205 Å². The maximum atomic E-state index is 13.0. The maximum absolute atomic E-state index is 13.0. The van der Waals surface area contributed by atoms with Crippen molar-refractivity contribution in [2.24, 2.45) is 7.05 Å². The summed E-state index contributed by atoms with van der Waals surface area (Å²) in [5, 5.41) is 10.3. The van der Waals surface area contributed by atoms with Crippen molar-refractivity contribution in [3.63, 3.8) is 0 Å². The van der Waals surface area contributed by atoms with Crippen LogP contribution in [0.2, 0.25) is 0 Å². The van der Waals surface area contributed by atoms with Crippen LogP contribution in [-0.2, 0) is 7.05 Å². The lowest BCUT2D eigenvalue weighted by Gasteiger charge is -2.13. The molecule has 1 aliphatic rings. The van der Waals surface area contributed by atoms with E-state index in [2.05, 4.69) is 29.7 Å². The van der Waals surface area contributed by atoms with Gasteiger partial charge in [0.05, 0.1) is 35.8 Å². The fraction of sp³-hybridized carbons (Fsp3) is 0.200. The van der Waals surface area contributed by atoms with Gasteiger partial charge >= 0.3 is 0 Å². The first-order valence-corrected chi connectivity index (χ1v) is 12.0. The monoisotopic (exact) mass is 483 g/mol. The van der Waals surface area contributed by atoms with Gasteiger partial charge in [0.15, 0.2) is 0 Å². The summed E-state index contributed by atoms with van der Waals surface area (Å²) in [5.74, 6) is 0.780. The molecule has 0 saturated heterocycles. The van der Waals surface area contributed by atoms with Gasteiger partial charge in [-0.05, 0) is 42.6 Å². The molecule has 0 atom stereocenters. The Balaban J connectivity index is 1.41. The van der Waals surface area contributed by atoms with E-state index in [9.17, 15) is 4.79 Å². The summed E-state index contributed by atoms with van der Waals surface area (Å²) in [5.41, 5.74) is 6.00. The van der Waals surface area contributed by atoms with Crippen molar-refractivity contribution < 1.29 is 9.53 Å². The molecule has 0 spiro atoms. The number of ether oxygens (including phenoxy) is 1. The largest absolute Gasteiger partial charge is 0.494 e. The molecule has 0 bridgehead atoms. The number of amides is 1. The minimum atomic E-state index is -0.262. The summed E-state index contributed by atoms with van der Waals surface area (Å²) in [6.45, 7) is 0. The van der Waals surface area contributed by atoms with E-state index in [0.29, 0.717) is 34.1 Å². The van der Waals surface area contributed by atoms with Gasteiger partial charge in [-0.2, -0.15) is 5.10 Å². The number of benzene rings is 1. The number of aryl methyl sites for hydroxylation is 1. The number of pyridine rings is 1. The van der Waals surface area contributed by atoms with E-state index in [1.54, 1.807) is 30.3 Å². The van der Waals surface area contributed by atoms with Crippen LogP contribution in [0.4, 0.5) is 5.69 Å².